The topological polar surface area (TPSA) is 67.5 Å². The summed E-state index contributed by atoms with van der Waals surface area (Å²) in [6, 6.07) is 8.21. The predicted octanol–water partition coefficient (Wildman–Crippen LogP) is 3.71. The van der Waals surface area contributed by atoms with Gasteiger partial charge < -0.3 is 5.11 Å². The number of aromatic nitrogens is 3. The molecule has 3 aromatic rings. The Morgan fingerprint density at radius 3 is 2.62 bits per heavy atom. The fourth-order valence-corrected chi connectivity index (χ4v) is 2.34. The Kier molecular flexibility index (Phi) is 3.31. The molecule has 21 heavy (non-hydrogen) atoms. The molecule has 0 aliphatic carbocycles. The van der Waals surface area contributed by atoms with Gasteiger partial charge in [0, 0.05) is 11.6 Å². The lowest BCUT2D eigenvalue weighted by Crippen LogP contribution is -2.08. The molecule has 0 fully saturated rings. The highest BCUT2D eigenvalue weighted by molar-refractivity contribution is 6.42. The minimum Gasteiger partial charge on any atom is -0.477 e. The van der Waals surface area contributed by atoms with Gasteiger partial charge in [-0.3, -0.25) is 0 Å². The molecule has 3 rings (SSSR count). The number of carbonyl (C=O) groups is 1. The van der Waals surface area contributed by atoms with Crippen LogP contribution in [0.3, 0.4) is 0 Å². The van der Waals surface area contributed by atoms with Gasteiger partial charge in [0.1, 0.15) is 0 Å². The molecule has 0 aliphatic rings. The molecular formula is C14H9Cl2N3O2. The number of aromatic carboxylic acids is 1. The van der Waals surface area contributed by atoms with Crippen molar-refractivity contribution in [2.45, 2.75) is 6.92 Å². The first-order valence-corrected chi connectivity index (χ1v) is 6.77. The molecular weight excluding hydrogens is 313 g/mol. The summed E-state index contributed by atoms with van der Waals surface area (Å²) in [5.74, 6) is -1.08. The highest BCUT2D eigenvalue weighted by Gasteiger charge is 2.15. The summed E-state index contributed by atoms with van der Waals surface area (Å²) in [4.78, 5) is 15.8. The first-order chi connectivity index (χ1) is 9.95. The van der Waals surface area contributed by atoms with Crippen LogP contribution in [0.15, 0.2) is 30.3 Å². The standard InChI is InChI=1S/C14H9Cl2N3O2/c1-7-4-13-17-11(6-12(14(20)21)19(13)18-7)8-2-3-9(15)10(16)5-8/h2-6H,1H3,(H,20,21). The van der Waals surface area contributed by atoms with E-state index in [2.05, 4.69) is 10.1 Å². The number of hydrogen-bond donors (Lipinski definition) is 1. The minimum absolute atomic E-state index is 0.0363. The Morgan fingerprint density at radius 2 is 1.95 bits per heavy atom. The summed E-state index contributed by atoms with van der Waals surface area (Å²) < 4.78 is 1.30. The van der Waals surface area contributed by atoms with Crippen molar-refractivity contribution in [3.8, 4) is 11.3 Å². The van der Waals surface area contributed by atoms with Crippen molar-refractivity contribution in [3.63, 3.8) is 0 Å². The molecule has 0 amide bonds. The Labute approximate surface area is 129 Å². The van der Waals surface area contributed by atoms with Crippen LogP contribution in [0.5, 0.6) is 0 Å². The lowest BCUT2D eigenvalue weighted by atomic mass is 10.1. The molecule has 7 heteroatoms. The molecule has 1 N–H and O–H groups in total. The second-order valence-corrected chi connectivity index (χ2v) is 5.33. The fourth-order valence-electron chi connectivity index (χ4n) is 2.04. The van der Waals surface area contributed by atoms with Crippen molar-refractivity contribution in [1.29, 1.82) is 0 Å². The maximum atomic E-state index is 11.4. The van der Waals surface area contributed by atoms with Crippen LogP contribution in [0.1, 0.15) is 16.2 Å². The van der Waals surface area contributed by atoms with E-state index in [9.17, 15) is 9.90 Å². The van der Waals surface area contributed by atoms with Gasteiger partial charge in [-0.2, -0.15) is 5.10 Å². The number of nitrogens with zero attached hydrogens (tertiary/aromatic N) is 3. The fraction of sp³-hybridized carbons (Fsp3) is 0.0714. The average Bonchev–Trinajstić information content (AvgIpc) is 2.80. The van der Waals surface area contributed by atoms with E-state index in [0.717, 1.165) is 0 Å². The maximum Gasteiger partial charge on any atom is 0.354 e. The number of halogens is 2. The molecule has 0 atom stereocenters. The van der Waals surface area contributed by atoms with E-state index >= 15 is 0 Å². The molecule has 0 unspecified atom stereocenters. The number of benzene rings is 1. The number of rotatable bonds is 2. The Balaban J connectivity index is 2.27. The van der Waals surface area contributed by atoms with Gasteiger partial charge >= 0.3 is 5.97 Å². The van der Waals surface area contributed by atoms with Crippen LogP contribution >= 0.6 is 23.2 Å². The van der Waals surface area contributed by atoms with Crippen molar-refractivity contribution in [2.75, 3.05) is 0 Å². The van der Waals surface area contributed by atoms with Gasteiger partial charge in [-0.25, -0.2) is 14.3 Å². The van der Waals surface area contributed by atoms with E-state index in [0.29, 0.717) is 32.6 Å². The molecule has 0 bridgehead atoms. The van der Waals surface area contributed by atoms with Crippen LogP contribution < -0.4 is 0 Å². The van der Waals surface area contributed by atoms with Crippen LogP contribution in [0, 0.1) is 6.92 Å². The summed E-state index contributed by atoms with van der Waals surface area (Å²) in [5.41, 5.74) is 2.38. The third-order valence-electron chi connectivity index (χ3n) is 2.98. The monoisotopic (exact) mass is 321 g/mol. The first kappa shape index (κ1) is 13.9. The second kappa shape index (κ2) is 5.02. The summed E-state index contributed by atoms with van der Waals surface area (Å²) in [6.07, 6.45) is 0. The zero-order valence-corrected chi connectivity index (χ0v) is 12.4. The lowest BCUT2D eigenvalue weighted by molar-refractivity contribution is 0.0687. The zero-order chi connectivity index (χ0) is 15.1. The molecule has 0 spiro atoms. The van der Waals surface area contributed by atoms with Gasteiger partial charge in [-0.1, -0.05) is 29.3 Å². The largest absolute Gasteiger partial charge is 0.477 e. The molecule has 5 nitrogen and oxygen atoms in total. The van der Waals surface area contributed by atoms with E-state index in [1.807, 2.05) is 0 Å². The van der Waals surface area contributed by atoms with Gasteiger partial charge in [0.2, 0.25) is 0 Å². The van der Waals surface area contributed by atoms with Gasteiger partial charge in [0.15, 0.2) is 11.3 Å². The number of fused-ring (bicyclic) bond motifs is 1. The summed E-state index contributed by atoms with van der Waals surface area (Å²) in [6.45, 7) is 1.78. The summed E-state index contributed by atoms with van der Waals surface area (Å²) in [5, 5.41) is 14.3. The summed E-state index contributed by atoms with van der Waals surface area (Å²) >= 11 is 11.9. The van der Waals surface area contributed by atoms with Crippen LogP contribution in [0.2, 0.25) is 10.0 Å². The van der Waals surface area contributed by atoms with Crippen LogP contribution in [-0.4, -0.2) is 25.7 Å². The quantitative estimate of drug-likeness (QED) is 0.781. The van der Waals surface area contributed by atoms with Gasteiger partial charge in [0.05, 0.1) is 21.4 Å². The van der Waals surface area contributed by atoms with Gasteiger partial charge in [0.25, 0.3) is 0 Å². The molecule has 0 radical (unpaired) electrons. The van der Waals surface area contributed by atoms with Gasteiger partial charge in [-0.05, 0) is 25.1 Å². The molecule has 106 valence electrons. The highest BCUT2D eigenvalue weighted by Crippen LogP contribution is 2.28. The van der Waals surface area contributed by atoms with Crippen molar-refractivity contribution in [1.82, 2.24) is 14.6 Å². The van der Waals surface area contributed by atoms with Crippen LogP contribution in [-0.2, 0) is 0 Å². The van der Waals surface area contributed by atoms with Crippen LogP contribution in [0.25, 0.3) is 16.9 Å². The van der Waals surface area contributed by atoms with E-state index < -0.39 is 5.97 Å². The van der Waals surface area contributed by atoms with Crippen molar-refractivity contribution in [2.24, 2.45) is 0 Å². The molecule has 1 aromatic carbocycles. The van der Waals surface area contributed by atoms with Gasteiger partial charge in [-0.15, -0.1) is 0 Å². The molecule has 2 heterocycles. The SMILES string of the molecule is Cc1cc2nc(-c3ccc(Cl)c(Cl)c3)cc(C(=O)O)n2n1. The number of aryl methyl sites for hydroxylation is 1. The third kappa shape index (κ3) is 2.46. The Morgan fingerprint density at radius 1 is 1.19 bits per heavy atom. The normalized spacial score (nSPS) is 11.0. The molecule has 2 aromatic heterocycles. The predicted molar refractivity (Wildman–Crippen MR) is 80.1 cm³/mol. The highest BCUT2D eigenvalue weighted by atomic mass is 35.5. The number of carboxylic acids is 1. The average molecular weight is 322 g/mol. The van der Waals surface area contributed by atoms with Crippen molar-refractivity contribution >= 4 is 34.8 Å². The van der Waals surface area contributed by atoms with E-state index in [1.54, 1.807) is 31.2 Å². The van der Waals surface area contributed by atoms with E-state index in [-0.39, 0.29) is 5.69 Å². The smallest absolute Gasteiger partial charge is 0.354 e. The lowest BCUT2D eigenvalue weighted by Gasteiger charge is -2.06. The Bertz CT molecular complexity index is 874. The summed E-state index contributed by atoms with van der Waals surface area (Å²) in [7, 11) is 0. The Hall–Kier alpha value is -2.11. The maximum absolute atomic E-state index is 11.4. The molecule has 0 saturated carbocycles. The minimum atomic E-state index is -1.08. The first-order valence-electron chi connectivity index (χ1n) is 6.02. The van der Waals surface area contributed by atoms with Crippen LogP contribution in [0.4, 0.5) is 0 Å². The second-order valence-electron chi connectivity index (χ2n) is 4.52. The number of hydrogen-bond acceptors (Lipinski definition) is 3. The molecule has 0 saturated heterocycles. The number of carboxylic acid groups (broad SMARTS) is 1. The molecule has 0 aliphatic heterocycles. The van der Waals surface area contributed by atoms with E-state index in [1.165, 1.54) is 10.6 Å². The van der Waals surface area contributed by atoms with Crippen molar-refractivity contribution < 1.29 is 9.90 Å². The van der Waals surface area contributed by atoms with E-state index in [4.69, 9.17) is 23.2 Å². The third-order valence-corrected chi connectivity index (χ3v) is 3.72. The zero-order valence-electron chi connectivity index (χ0n) is 10.8. The van der Waals surface area contributed by atoms with Crippen molar-refractivity contribution in [3.05, 3.63) is 51.8 Å².